The summed E-state index contributed by atoms with van der Waals surface area (Å²) >= 11 is 0. The van der Waals surface area contributed by atoms with Crippen LogP contribution in [-0.4, -0.2) is 91.5 Å². The van der Waals surface area contributed by atoms with Crippen LogP contribution in [0.1, 0.15) is 23.2 Å². The minimum Gasteiger partial charge on any atom is -0.379 e. The number of nitrogens with zero attached hydrogens (tertiary/aromatic N) is 3. The molecule has 158 valence electrons. The Kier molecular flexibility index (Phi) is 7.94. The fourth-order valence-corrected chi connectivity index (χ4v) is 3.57. The molecule has 3 rings (SSSR count). The molecule has 0 spiro atoms. The topological polar surface area (TPSA) is 104 Å². The van der Waals surface area contributed by atoms with E-state index in [-0.39, 0.29) is 11.8 Å². The van der Waals surface area contributed by atoms with Gasteiger partial charge in [0, 0.05) is 63.8 Å². The quantitative estimate of drug-likeness (QED) is 0.621. The van der Waals surface area contributed by atoms with Gasteiger partial charge in [0.15, 0.2) is 0 Å². The molecular formula is C20H29N5O4. The van der Waals surface area contributed by atoms with Gasteiger partial charge in [0.05, 0.1) is 13.2 Å². The van der Waals surface area contributed by atoms with E-state index in [9.17, 15) is 14.4 Å². The van der Waals surface area contributed by atoms with E-state index in [4.69, 9.17) is 4.74 Å². The number of piperidine rings is 1. The number of hydrogen-bond acceptors (Lipinski definition) is 6. The lowest BCUT2D eigenvalue weighted by molar-refractivity contribution is -0.139. The molecule has 9 heteroatoms. The van der Waals surface area contributed by atoms with Gasteiger partial charge in [0.2, 0.25) is 0 Å². The summed E-state index contributed by atoms with van der Waals surface area (Å²) in [6.45, 7) is 6.03. The van der Waals surface area contributed by atoms with E-state index in [1.165, 1.54) is 0 Å². The second-order valence-electron chi connectivity index (χ2n) is 7.39. The van der Waals surface area contributed by atoms with Crippen LogP contribution in [-0.2, 0) is 14.3 Å². The highest BCUT2D eigenvalue weighted by Gasteiger charge is 2.24. The summed E-state index contributed by atoms with van der Waals surface area (Å²) in [4.78, 5) is 44.3. The maximum atomic E-state index is 12.4. The van der Waals surface area contributed by atoms with Crippen LogP contribution >= 0.6 is 0 Å². The van der Waals surface area contributed by atoms with Gasteiger partial charge in [0.1, 0.15) is 0 Å². The summed E-state index contributed by atoms with van der Waals surface area (Å²) in [5.41, 5.74) is 0.639. The first kappa shape index (κ1) is 21.2. The van der Waals surface area contributed by atoms with Crippen LogP contribution in [0.15, 0.2) is 24.5 Å². The zero-order chi connectivity index (χ0) is 20.5. The van der Waals surface area contributed by atoms with E-state index >= 15 is 0 Å². The zero-order valence-corrected chi connectivity index (χ0v) is 16.6. The molecule has 0 radical (unpaired) electrons. The first-order chi connectivity index (χ1) is 14.1. The Bertz CT molecular complexity index is 685. The largest absolute Gasteiger partial charge is 0.379 e. The van der Waals surface area contributed by atoms with Crippen molar-refractivity contribution in [1.82, 2.24) is 25.4 Å². The van der Waals surface area contributed by atoms with E-state index in [1.807, 2.05) is 4.90 Å². The molecule has 2 aliphatic heterocycles. The molecule has 0 saturated carbocycles. The zero-order valence-electron chi connectivity index (χ0n) is 16.6. The lowest BCUT2D eigenvalue weighted by atomic mass is 9.96. The van der Waals surface area contributed by atoms with Gasteiger partial charge < -0.3 is 20.3 Å². The molecule has 1 aromatic heterocycles. The lowest BCUT2D eigenvalue weighted by Crippen LogP contribution is -2.46. The summed E-state index contributed by atoms with van der Waals surface area (Å²) in [5, 5.41) is 5.39. The summed E-state index contributed by atoms with van der Waals surface area (Å²) in [6, 6.07) is 3.43. The molecule has 2 N–H and O–H groups in total. The van der Waals surface area contributed by atoms with Crippen molar-refractivity contribution < 1.29 is 19.1 Å². The van der Waals surface area contributed by atoms with Gasteiger partial charge in [0.25, 0.3) is 5.91 Å². The van der Waals surface area contributed by atoms with Gasteiger partial charge in [-0.1, -0.05) is 0 Å². The van der Waals surface area contributed by atoms with Crippen molar-refractivity contribution >= 4 is 17.7 Å². The highest BCUT2D eigenvalue weighted by Crippen LogP contribution is 2.18. The van der Waals surface area contributed by atoms with Gasteiger partial charge in [-0.05, 0) is 30.9 Å². The van der Waals surface area contributed by atoms with E-state index in [0.717, 1.165) is 25.9 Å². The first-order valence-electron chi connectivity index (χ1n) is 10.2. The van der Waals surface area contributed by atoms with Crippen molar-refractivity contribution in [3.63, 3.8) is 0 Å². The number of pyridine rings is 1. The van der Waals surface area contributed by atoms with E-state index in [1.54, 1.807) is 24.5 Å². The monoisotopic (exact) mass is 403 g/mol. The van der Waals surface area contributed by atoms with Gasteiger partial charge >= 0.3 is 11.8 Å². The molecule has 3 amide bonds. The Morgan fingerprint density at radius 2 is 1.66 bits per heavy atom. The number of rotatable bonds is 6. The number of morpholine rings is 1. The molecule has 0 aromatic carbocycles. The van der Waals surface area contributed by atoms with E-state index in [0.29, 0.717) is 51.5 Å². The normalized spacial score (nSPS) is 18.3. The molecule has 0 aliphatic carbocycles. The first-order valence-corrected chi connectivity index (χ1v) is 10.2. The lowest BCUT2D eigenvalue weighted by Gasteiger charge is -2.32. The third-order valence-electron chi connectivity index (χ3n) is 5.40. The van der Waals surface area contributed by atoms with Crippen LogP contribution in [0.5, 0.6) is 0 Å². The predicted octanol–water partition coefficient (Wildman–Crippen LogP) is -0.502. The summed E-state index contributed by atoms with van der Waals surface area (Å²) < 4.78 is 5.28. The minimum absolute atomic E-state index is 0.00883. The van der Waals surface area contributed by atoms with Crippen molar-refractivity contribution in [2.24, 2.45) is 5.92 Å². The maximum Gasteiger partial charge on any atom is 0.309 e. The molecule has 9 nitrogen and oxygen atoms in total. The van der Waals surface area contributed by atoms with Gasteiger partial charge in [-0.25, -0.2) is 0 Å². The molecule has 2 fully saturated rings. The number of ether oxygens (including phenoxy) is 1. The average Bonchev–Trinajstić information content (AvgIpc) is 2.78. The fourth-order valence-electron chi connectivity index (χ4n) is 3.57. The predicted molar refractivity (Wildman–Crippen MR) is 106 cm³/mol. The number of aromatic nitrogens is 1. The standard InChI is InChI=1S/C20H29N5O4/c26-18(22-7-10-24-11-13-29-14-12-24)19(27)23-15-16-3-8-25(9-4-16)20(28)17-1-5-21-6-2-17/h1-2,5-6,16H,3-4,7-15H2,(H,22,26)(H,23,27). The molecule has 3 heterocycles. The van der Waals surface area contributed by atoms with Crippen molar-refractivity contribution in [1.29, 1.82) is 0 Å². The summed E-state index contributed by atoms with van der Waals surface area (Å²) in [7, 11) is 0. The summed E-state index contributed by atoms with van der Waals surface area (Å²) in [5.74, 6) is -0.915. The van der Waals surface area contributed by atoms with Gasteiger partial charge in [-0.3, -0.25) is 24.3 Å². The minimum atomic E-state index is -0.595. The molecule has 29 heavy (non-hydrogen) atoms. The van der Waals surface area contributed by atoms with Crippen LogP contribution in [0.2, 0.25) is 0 Å². The number of carbonyl (C=O) groups excluding carboxylic acids is 3. The Hall–Kier alpha value is -2.52. The van der Waals surface area contributed by atoms with Crippen molar-refractivity contribution in [2.45, 2.75) is 12.8 Å². The third-order valence-corrected chi connectivity index (χ3v) is 5.40. The van der Waals surface area contributed by atoms with E-state index < -0.39 is 11.8 Å². The highest BCUT2D eigenvalue weighted by molar-refractivity contribution is 6.35. The Balaban J connectivity index is 1.30. The second kappa shape index (κ2) is 10.9. The molecule has 0 unspecified atom stereocenters. The molecular weight excluding hydrogens is 374 g/mol. The number of likely N-dealkylation sites (tertiary alicyclic amines) is 1. The maximum absolute atomic E-state index is 12.4. The van der Waals surface area contributed by atoms with Gasteiger partial charge in [-0.2, -0.15) is 0 Å². The molecule has 2 aliphatic rings. The van der Waals surface area contributed by atoms with Crippen molar-refractivity contribution in [2.75, 3.05) is 59.0 Å². The van der Waals surface area contributed by atoms with Crippen LogP contribution in [0.4, 0.5) is 0 Å². The van der Waals surface area contributed by atoms with E-state index in [2.05, 4.69) is 20.5 Å². The fraction of sp³-hybridized carbons (Fsp3) is 0.600. The average molecular weight is 403 g/mol. The smallest absolute Gasteiger partial charge is 0.309 e. The number of carbonyl (C=O) groups is 3. The Morgan fingerprint density at radius 1 is 1.00 bits per heavy atom. The van der Waals surface area contributed by atoms with Crippen molar-refractivity contribution in [3.05, 3.63) is 30.1 Å². The molecule has 1 aromatic rings. The molecule has 0 atom stereocenters. The Labute approximate surface area is 170 Å². The number of nitrogens with one attached hydrogen (secondary N) is 2. The van der Waals surface area contributed by atoms with Crippen molar-refractivity contribution in [3.8, 4) is 0 Å². The third kappa shape index (κ3) is 6.50. The van der Waals surface area contributed by atoms with Gasteiger partial charge in [-0.15, -0.1) is 0 Å². The SMILES string of the molecule is O=C(NCCN1CCOCC1)C(=O)NCC1CCN(C(=O)c2ccncc2)CC1. The molecule has 2 saturated heterocycles. The van der Waals surface area contributed by atoms with Crippen LogP contribution < -0.4 is 10.6 Å². The molecule has 0 bridgehead atoms. The van der Waals surface area contributed by atoms with Crippen LogP contribution in [0, 0.1) is 5.92 Å². The summed E-state index contributed by atoms with van der Waals surface area (Å²) in [6.07, 6.45) is 4.83. The number of hydrogen-bond donors (Lipinski definition) is 2. The van der Waals surface area contributed by atoms with Crippen LogP contribution in [0.25, 0.3) is 0 Å². The Morgan fingerprint density at radius 3 is 2.34 bits per heavy atom. The second-order valence-corrected chi connectivity index (χ2v) is 7.39. The highest BCUT2D eigenvalue weighted by atomic mass is 16.5. The van der Waals surface area contributed by atoms with Crippen LogP contribution in [0.3, 0.4) is 0 Å². The number of amides is 3.